The van der Waals surface area contributed by atoms with Crippen molar-refractivity contribution in [3.63, 3.8) is 0 Å². The molecule has 0 aliphatic carbocycles. The molecule has 114 valence electrons. The maximum Gasteiger partial charge on any atom is 0.246 e. The molecule has 0 radical (unpaired) electrons. The summed E-state index contributed by atoms with van der Waals surface area (Å²) in [4.78, 5) is 18.2. The Bertz CT molecular complexity index is 516. The van der Waals surface area contributed by atoms with Crippen LogP contribution in [0.4, 0.5) is 5.69 Å². The number of carbonyl (C=O) groups is 1. The quantitative estimate of drug-likeness (QED) is 0.468. The number of nitrogens with one attached hydrogen (secondary N) is 2. The maximum absolute atomic E-state index is 12.3. The Labute approximate surface area is 125 Å². The lowest BCUT2D eigenvalue weighted by Gasteiger charge is -2.18. The fourth-order valence-corrected chi connectivity index (χ4v) is 2.34. The number of hydrogen-bond donors (Lipinski definition) is 2. The molecule has 2 rings (SSSR count). The fourth-order valence-electron chi connectivity index (χ4n) is 2.34. The first kappa shape index (κ1) is 15.3. The van der Waals surface area contributed by atoms with E-state index in [-0.39, 0.29) is 12.5 Å². The van der Waals surface area contributed by atoms with Gasteiger partial charge in [-0.3, -0.25) is 9.79 Å². The van der Waals surface area contributed by atoms with Gasteiger partial charge in [0, 0.05) is 32.9 Å². The van der Waals surface area contributed by atoms with Crippen LogP contribution in [0.5, 0.6) is 0 Å². The van der Waals surface area contributed by atoms with Crippen LogP contribution in [0, 0.1) is 0 Å². The van der Waals surface area contributed by atoms with Crippen molar-refractivity contribution in [1.82, 2.24) is 10.6 Å². The van der Waals surface area contributed by atoms with E-state index in [2.05, 4.69) is 21.7 Å². The zero-order valence-corrected chi connectivity index (χ0v) is 12.6. The number of amides is 1. The number of methoxy groups -OCH3 is 1. The van der Waals surface area contributed by atoms with Crippen LogP contribution >= 0.6 is 0 Å². The lowest BCUT2D eigenvalue weighted by atomic mass is 10.2. The highest BCUT2D eigenvalue weighted by atomic mass is 16.5. The van der Waals surface area contributed by atoms with Gasteiger partial charge >= 0.3 is 0 Å². The minimum Gasteiger partial charge on any atom is -0.383 e. The van der Waals surface area contributed by atoms with E-state index in [1.165, 1.54) is 5.56 Å². The van der Waals surface area contributed by atoms with Crippen molar-refractivity contribution in [3.05, 3.63) is 29.8 Å². The molecule has 1 aromatic carbocycles. The van der Waals surface area contributed by atoms with Gasteiger partial charge in [-0.15, -0.1) is 0 Å². The highest BCUT2D eigenvalue weighted by molar-refractivity contribution is 5.98. The third-order valence-electron chi connectivity index (χ3n) is 3.42. The first-order chi connectivity index (χ1) is 10.3. The standard InChI is InChI=1S/C15H22N4O2/c1-16-15(17-8-10-21-2)18-11-14(20)19-9-7-12-5-3-4-6-13(12)19/h3-6H,7-11H2,1-2H3,(H2,16,17,18). The Hall–Kier alpha value is -2.08. The van der Waals surface area contributed by atoms with E-state index in [9.17, 15) is 4.79 Å². The van der Waals surface area contributed by atoms with Gasteiger partial charge < -0.3 is 20.3 Å². The molecule has 6 nitrogen and oxygen atoms in total. The molecule has 0 spiro atoms. The number of para-hydroxylation sites is 1. The summed E-state index contributed by atoms with van der Waals surface area (Å²) in [5.41, 5.74) is 2.25. The summed E-state index contributed by atoms with van der Waals surface area (Å²) in [5.74, 6) is 0.655. The second kappa shape index (κ2) is 7.64. The molecule has 0 fully saturated rings. The molecule has 2 N–H and O–H groups in total. The zero-order valence-electron chi connectivity index (χ0n) is 12.6. The summed E-state index contributed by atoms with van der Waals surface area (Å²) in [6.07, 6.45) is 0.919. The van der Waals surface area contributed by atoms with Gasteiger partial charge in [-0.1, -0.05) is 18.2 Å². The number of rotatable bonds is 5. The number of hydrogen-bond acceptors (Lipinski definition) is 3. The van der Waals surface area contributed by atoms with Crippen LogP contribution in [-0.4, -0.2) is 52.3 Å². The molecule has 0 atom stereocenters. The van der Waals surface area contributed by atoms with Crippen molar-refractivity contribution < 1.29 is 9.53 Å². The molecule has 1 aliphatic rings. The van der Waals surface area contributed by atoms with E-state index < -0.39 is 0 Å². The molecule has 6 heteroatoms. The van der Waals surface area contributed by atoms with Crippen LogP contribution in [0.2, 0.25) is 0 Å². The molecule has 1 amide bonds. The number of aliphatic imine (C=N–C) groups is 1. The normalized spacial score (nSPS) is 14.0. The minimum atomic E-state index is 0.0506. The average molecular weight is 290 g/mol. The molecule has 0 unspecified atom stereocenters. The molecule has 21 heavy (non-hydrogen) atoms. The second-order valence-electron chi connectivity index (χ2n) is 4.77. The van der Waals surface area contributed by atoms with E-state index in [0.717, 1.165) is 18.7 Å². The topological polar surface area (TPSA) is 66.0 Å². The number of fused-ring (bicyclic) bond motifs is 1. The number of carbonyl (C=O) groups excluding carboxylic acids is 1. The van der Waals surface area contributed by atoms with Gasteiger partial charge in [0.2, 0.25) is 5.91 Å². The lowest BCUT2D eigenvalue weighted by Crippen LogP contribution is -2.45. The van der Waals surface area contributed by atoms with E-state index >= 15 is 0 Å². The maximum atomic E-state index is 12.3. The zero-order chi connectivity index (χ0) is 15.1. The Balaban J connectivity index is 1.85. The summed E-state index contributed by atoms with van der Waals surface area (Å²) >= 11 is 0. The van der Waals surface area contributed by atoms with Crippen LogP contribution in [0.15, 0.2) is 29.3 Å². The van der Waals surface area contributed by atoms with Crippen LogP contribution in [0.1, 0.15) is 5.56 Å². The summed E-state index contributed by atoms with van der Waals surface area (Å²) in [5, 5.41) is 6.11. The largest absolute Gasteiger partial charge is 0.383 e. The number of nitrogens with zero attached hydrogens (tertiary/aromatic N) is 2. The molecule has 0 aromatic heterocycles. The third kappa shape index (κ3) is 3.95. The smallest absolute Gasteiger partial charge is 0.246 e. The summed E-state index contributed by atoms with van der Waals surface area (Å²) in [7, 11) is 3.32. The number of benzene rings is 1. The molecule has 0 bridgehead atoms. The van der Waals surface area contributed by atoms with Gasteiger partial charge in [-0.05, 0) is 18.1 Å². The van der Waals surface area contributed by atoms with Crippen molar-refractivity contribution in [1.29, 1.82) is 0 Å². The first-order valence-electron chi connectivity index (χ1n) is 7.08. The Morgan fingerprint density at radius 3 is 2.95 bits per heavy atom. The molecule has 1 aliphatic heterocycles. The van der Waals surface area contributed by atoms with Gasteiger partial charge in [0.05, 0.1) is 13.2 Å². The van der Waals surface area contributed by atoms with Gasteiger partial charge in [0.1, 0.15) is 0 Å². The van der Waals surface area contributed by atoms with Crippen LogP contribution in [0.3, 0.4) is 0 Å². The van der Waals surface area contributed by atoms with Crippen molar-refractivity contribution in [2.24, 2.45) is 4.99 Å². The molecule has 1 heterocycles. The highest BCUT2D eigenvalue weighted by Gasteiger charge is 2.23. The van der Waals surface area contributed by atoms with Gasteiger partial charge in [-0.25, -0.2) is 0 Å². The third-order valence-corrected chi connectivity index (χ3v) is 3.42. The first-order valence-corrected chi connectivity index (χ1v) is 7.08. The molecule has 0 saturated carbocycles. The van der Waals surface area contributed by atoms with Crippen LogP contribution in [-0.2, 0) is 16.0 Å². The minimum absolute atomic E-state index is 0.0506. The lowest BCUT2D eigenvalue weighted by molar-refractivity contribution is -0.117. The average Bonchev–Trinajstić information content (AvgIpc) is 2.94. The van der Waals surface area contributed by atoms with Crippen molar-refractivity contribution in [2.45, 2.75) is 6.42 Å². The second-order valence-corrected chi connectivity index (χ2v) is 4.77. The van der Waals surface area contributed by atoms with Crippen LogP contribution < -0.4 is 15.5 Å². The van der Waals surface area contributed by atoms with Crippen molar-refractivity contribution in [2.75, 3.05) is 45.3 Å². The Morgan fingerprint density at radius 2 is 2.19 bits per heavy atom. The number of anilines is 1. The van der Waals surface area contributed by atoms with Gasteiger partial charge in [0.25, 0.3) is 0 Å². The SMILES string of the molecule is CN=C(NCCOC)NCC(=O)N1CCc2ccccc21. The molecular weight excluding hydrogens is 268 g/mol. The summed E-state index contributed by atoms with van der Waals surface area (Å²) < 4.78 is 4.96. The van der Waals surface area contributed by atoms with E-state index in [1.54, 1.807) is 14.2 Å². The van der Waals surface area contributed by atoms with E-state index in [4.69, 9.17) is 4.74 Å². The monoisotopic (exact) mass is 290 g/mol. The predicted octanol–water partition coefficient (Wildman–Crippen LogP) is 0.387. The van der Waals surface area contributed by atoms with Crippen molar-refractivity contribution >= 4 is 17.6 Å². The Kier molecular flexibility index (Phi) is 5.57. The molecular formula is C15H22N4O2. The van der Waals surface area contributed by atoms with Crippen molar-refractivity contribution in [3.8, 4) is 0 Å². The summed E-state index contributed by atoms with van der Waals surface area (Å²) in [6.45, 7) is 2.21. The number of guanidine groups is 1. The molecule has 1 aromatic rings. The number of ether oxygens (including phenoxy) is 1. The Morgan fingerprint density at radius 1 is 1.38 bits per heavy atom. The molecule has 0 saturated heterocycles. The predicted molar refractivity (Wildman–Crippen MR) is 83.7 cm³/mol. The van der Waals surface area contributed by atoms with E-state index in [0.29, 0.717) is 19.1 Å². The van der Waals surface area contributed by atoms with Crippen LogP contribution in [0.25, 0.3) is 0 Å². The van der Waals surface area contributed by atoms with E-state index in [1.807, 2.05) is 23.1 Å². The summed E-state index contributed by atoms with van der Waals surface area (Å²) in [6, 6.07) is 8.03. The van der Waals surface area contributed by atoms with Gasteiger partial charge in [0.15, 0.2) is 5.96 Å². The van der Waals surface area contributed by atoms with Gasteiger partial charge in [-0.2, -0.15) is 0 Å². The highest BCUT2D eigenvalue weighted by Crippen LogP contribution is 2.27. The fraction of sp³-hybridized carbons (Fsp3) is 0.467.